The van der Waals surface area contributed by atoms with Crippen molar-refractivity contribution in [2.24, 2.45) is 17.2 Å². The fraction of sp³-hybridized carbons (Fsp3) is 1.00. The zero-order chi connectivity index (χ0) is 11.6. The summed E-state index contributed by atoms with van der Waals surface area (Å²) >= 11 is 0. The van der Waals surface area contributed by atoms with E-state index in [0.717, 1.165) is 0 Å². The molecule has 1 fully saturated rings. The number of hydrogen-bond acceptors (Lipinski definition) is 9. The van der Waals surface area contributed by atoms with Gasteiger partial charge in [-0.2, -0.15) is 0 Å². The van der Waals surface area contributed by atoms with E-state index < -0.39 is 39.1 Å². The molecule has 15 heavy (non-hydrogen) atoms. The molecule has 0 radical (unpaired) electrons. The first-order chi connectivity index (χ1) is 7.08. The van der Waals surface area contributed by atoms with Crippen molar-refractivity contribution in [3.63, 3.8) is 0 Å². The first-order valence-corrected chi connectivity index (χ1v) is 4.45. The predicted octanol–water partition coefficient (Wildman–Crippen LogP) is -4.52. The van der Waals surface area contributed by atoms with Crippen molar-refractivity contribution in [2.45, 2.75) is 18.9 Å². The van der Waals surface area contributed by atoms with Gasteiger partial charge in [-0.15, -0.1) is 0 Å². The number of aliphatic hydroxyl groups excluding tert-OH is 3. The van der Waals surface area contributed by atoms with Crippen LogP contribution in [0.25, 0.3) is 0 Å². The van der Waals surface area contributed by atoms with Gasteiger partial charge in [-0.1, -0.05) is 0 Å². The lowest BCUT2D eigenvalue weighted by Crippen LogP contribution is -2.78. The van der Waals surface area contributed by atoms with Crippen molar-refractivity contribution < 1.29 is 15.3 Å². The SMILES string of the molecule is NC1N(CO)C(N)N(CO)C(N)N1CO. The molecule has 1 aliphatic rings. The van der Waals surface area contributed by atoms with Crippen molar-refractivity contribution in [1.82, 2.24) is 14.7 Å². The van der Waals surface area contributed by atoms with E-state index in [1.165, 1.54) is 14.7 Å². The smallest absolute Gasteiger partial charge is 0.122 e. The van der Waals surface area contributed by atoms with E-state index in [-0.39, 0.29) is 0 Å². The van der Waals surface area contributed by atoms with E-state index in [2.05, 4.69) is 0 Å². The highest BCUT2D eigenvalue weighted by molar-refractivity contribution is 4.80. The Labute approximate surface area is 87.2 Å². The standard InChI is InChI=1S/C6H18N6O3/c7-4-10(1-13)5(8)12(3-15)6(9)11(4)2-14/h4-6,13-15H,1-3,7-9H2. The average Bonchev–Trinajstić information content (AvgIpc) is 2.19. The minimum atomic E-state index is -0.798. The van der Waals surface area contributed by atoms with Gasteiger partial charge < -0.3 is 32.5 Å². The third-order valence-corrected chi connectivity index (χ3v) is 2.53. The Kier molecular flexibility index (Phi) is 4.33. The average molecular weight is 222 g/mol. The first-order valence-electron chi connectivity index (χ1n) is 4.45. The molecule has 90 valence electrons. The van der Waals surface area contributed by atoms with Gasteiger partial charge in [-0.05, 0) is 0 Å². The summed E-state index contributed by atoms with van der Waals surface area (Å²) in [5.41, 5.74) is 17.1. The summed E-state index contributed by atoms with van der Waals surface area (Å²) < 4.78 is 0. The second kappa shape index (κ2) is 5.12. The maximum Gasteiger partial charge on any atom is 0.122 e. The number of nitrogens with zero attached hydrogens (tertiary/aromatic N) is 3. The molecule has 0 saturated carbocycles. The highest BCUT2D eigenvalue weighted by Crippen LogP contribution is 2.16. The van der Waals surface area contributed by atoms with Gasteiger partial charge in [-0.3, -0.25) is 0 Å². The van der Waals surface area contributed by atoms with Gasteiger partial charge in [0.1, 0.15) is 39.1 Å². The van der Waals surface area contributed by atoms with E-state index in [4.69, 9.17) is 32.5 Å². The molecule has 0 bridgehead atoms. The summed E-state index contributed by atoms with van der Waals surface area (Å²) in [4.78, 5) is 3.82. The number of rotatable bonds is 3. The summed E-state index contributed by atoms with van der Waals surface area (Å²) in [6.07, 6.45) is -2.40. The third-order valence-electron chi connectivity index (χ3n) is 2.53. The highest BCUT2D eigenvalue weighted by atomic mass is 16.3. The van der Waals surface area contributed by atoms with Crippen LogP contribution < -0.4 is 17.2 Å². The summed E-state index contributed by atoms with van der Waals surface area (Å²) in [6.45, 7) is -1.20. The van der Waals surface area contributed by atoms with Gasteiger partial charge >= 0.3 is 0 Å². The van der Waals surface area contributed by atoms with Crippen LogP contribution in [0.4, 0.5) is 0 Å². The zero-order valence-electron chi connectivity index (χ0n) is 8.27. The fourth-order valence-electron chi connectivity index (χ4n) is 1.54. The van der Waals surface area contributed by atoms with Crippen LogP contribution in [0.3, 0.4) is 0 Å². The van der Waals surface area contributed by atoms with E-state index in [0.29, 0.717) is 0 Å². The third kappa shape index (κ3) is 2.10. The molecular formula is C6H18N6O3. The molecule has 9 heteroatoms. The van der Waals surface area contributed by atoms with Gasteiger partial charge in [0.2, 0.25) is 0 Å². The van der Waals surface area contributed by atoms with Crippen LogP contribution in [0.2, 0.25) is 0 Å². The van der Waals surface area contributed by atoms with Gasteiger partial charge in [-0.25, -0.2) is 14.7 Å². The molecule has 0 aromatic heterocycles. The van der Waals surface area contributed by atoms with Gasteiger partial charge in [0, 0.05) is 0 Å². The summed E-state index contributed by atoms with van der Waals surface area (Å²) in [6, 6.07) is 0. The molecule has 0 amide bonds. The molecule has 1 heterocycles. The van der Waals surface area contributed by atoms with Crippen LogP contribution in [-0.2, 0) is 0 Å². The van der Waals surface area contributed by atoms with Crippen LogP contribution in [0.1, 0.15) is 0 Å². The van der Waals surface area contributed by atoms with Gasteiger partial charge in [0.15, 0.2) is 0 Å². The molecule has 1 saturated heterocycles. The summed E-state index contributed by atoms with van der Waals surface area (Å²) in [7, 11) is 0. The Morgan fingerprint density at radius 3 is 1.00 bits per heavy atom. The van der Waals surface area contributed by atoms with E-state index in [1.54, 1.807) is 0 Å². The molecule has 9 N–H and O–H groups in total. The molecule has 1 aliphatic heterocycles. The quantitative estimate of drug-likeness (QED) is 0.278. The lowest BCUT2D eigenvalue weighted by Gasteiger charge is -2.52. The van der Waals surface area contributed by atoms with E-state index in [9.17, 15) is 0 Å². The van der Waals surface area contributed by atoms with E-state index >= 15 is 0 Å². The van der Waals surface area contributed by atoms with Crippen molar-refractivity contribution in [3.8, 4) is 0 Å². The van der Waals surface area contributed by atoms with Gasteiger partial charge in [0.05, 0.1) is 0 Å². The Morgan fingerprint density at radius 1 is 0.667 bits per heavy atom. The van der Waals surface area contributed by atoms with Crippen LogP contribution >= 0.6 is 0 Å². The monoisotopic (exact) mass is 222 g/mol. The number of nitrogens with two attached hydrogens (primary N) is 3. The van der Waals surface area contributed by atoms with Crippen molar-refractivity contribution in [3.05, 3.63) is 0 Å². The highest BCUT2D eigenvalue weighted by Gasteiger charge is 2.40. The first kappa shape index (κ1) is 12.7. The van der Waals surface area contributed by atoms with Crippen LogP contribution in [0.15, 0.2) is 0 Å². The lowest BCUT2D eigenvalue weighted by molar-refractivity contribution is -0.222. The van der Waals surface area contributed by atoms with Crippen molar-refractivity contribution >= 4 is 0 Å². The Bertz CT molecular complexity index is 162. The largest absolute Gasteiger partial charge is 0.381 e. The molecule has 0 aromatic rings. The van der Waals surface area contributed by atoms with Crippen LogP contribution in [0, 0.1) is 0 Å². The molecule has 0 aliphatic carbocycles. The Balaban J connectivity index is 2.87. The maximum absolute atomic E-state index is 9.05. The number of aliphatic hydroxyl groups is 3. The predicted molar refractivity (Wildman–Crippen MR) is 50.7 cm³/mol. The molecule has 0 aromatic carbocycles. The van der Waals surface area contributed by atoms with Crippen molar-refractivity contribution in [2.75, 3.05) is 20.2 Å². The second-order valence-electron chi connectivity index (χ2n) is 3.21. The van der Waals surface area contributed by atoms with Crippen LogP contribution in [0.5, 0.6) is 0 Å². The van der Waals surface area contributed by atoms with Gasteiger partial charge in [0.25, 0.3) is 0 Å². The second-order valence-corrected chi connectivity index (χ2v) is 3.21. The van der Waals surface area contributed by atoms with Crippen LogP contribution in [-0.4, -0.2) is 69.1 Å². The molecule has 1 rings (SSSR count). The Morgan fingerprint density at radius 2 is 0.867 bits per heavy atom. The topological polar surface area (TPSA) is 148 Å². The molecular weight excluding hydrogens is 204 g/mol. The molecule has 0 atom stereocenters. The fourth-order valence-corrected chi connectivity index (χ4v) is 1.54. The lowest BCUT2D eigenvalue weighted by atomic mass is 10.4. The number of hydrogen-bond donors (Lipinski definition) is 6. The normalized spacial score (nSPS) is 36.0. The summed E-state index contributed by atoms with van der Waals surface area (Å²) in [5.74, 6) is 0. The van der Waals surface area contributed by atoms with E-state index in [1.807, 2.05) is 0 Å². The minimum absolute atomic E-state index is 0.401. The molecule has 0 unspecified atom stereocenters. The summed E-state index contributed by atoms with van der Waals surface area (Å²) in [5, 5.41) is 27.2. The molecule has 9 nitrogen and oxygen atoms in total. The maximum atomic E-state index is 9.05. The van der Waals surface area contributed by atoms with Crippen molar-refractivity contribution in [1.29, 1.82) is 0 Å². The zero-order valence-corrected chi connectivity index (χ0v) is 8.27. The molecule has 0 spiro atoms. The Hall–Kier alpha value is -0.360. The minimum Gasteiger partial charge on any atom is -0.381 e.